The fourth-order valence-electron chi connectivity index (χ4n) is 1.32. The van der Waals surface area contributed by atoms with E-state index in [1.165, 1.54) is 6.07 Å². The van der Waals surface area contributed by atoms with Crippen LogP contribution in [0.3, 0.4) is 0 Å². The molecule has 0 aliphatic carbocycles. The molecule has 0 unspecified atom stereocenters. The van der Waals surface area contributed by atoms with E-state index in [4.69, 9.17) is 12.2 Å². The van der Waals surface area contributed by atoms with Crippen LogP contribution in [0.15, 0.2) is 42.0 Å². The Balaban J connectivity index is 2.79. The molecule has 108 valence electrons. The summed E-state index contributed by atoms with van der Waals surface area (Å²) in [6.07, 6.45) is -2.75. The molecule has 0 amide bonds. The van der Waals surface area contributed by atoms with Gasteiger partial charge in [-0.25, -0.2) is 0 Å². The van der Waals surface area contributed by atoms with Gasteiger partial charge >= 0.3 is 6.18 Å². The number of thiocarbonyl (C=S) groups is 1. The molecule has 0 saturated carbocycles. The highest BCUT2D eigenvalue weighted by molar-refractivity contribution is 7.80. The summed E-state index contributed by atoms with van der Waals surface area (Å²) >= 11 is 4.92. The SMILES string of the molecule is C=CCNC(=S)N/N=C(/C)c1cccc(C(F)(F)F)c1. The van der Waals surface area contributed by atoms with Gasteiger partial charge in [-0.2, -0.15) is 18.3 Å². The minimum atomic E-state index is -4.37. The third kappa shape index (κ3) is 5.00. The first kappa shape index (κ1) is 16.2. The number of rotatable bonds is 4. The van der Waals surface area contributed by atoms with Crippen LogP contribution in [0.4, 0.5) is 13.2 Å². The second kappa shape index (κ2) is 7.04. The summed E-state index contributed by atoms with van der Waals surface area (Å²) in [7, 11) is 0. The van der Waals surface area contributed by atoms with Crippen molar-refractivity contribution >= 4 is 23.0 Å². The number of alkyl halides is 3. The number of halogens is 3. The predicted molar refractivity (Wildman–Crippen MR) is 77.6 cm³/mol. The fourth-order valence-corrected chi connectivity index (χ4v) is 1.45. The second-order valence-corrected chi connectivity index (χ2v) is 4.29. The number of nitrogens with zero attached hydrogens (tertiary/aromatic N) is 1. The Morgan fingerprint density at radius 2 is 2.15 bits per heavy atom. The standard InChI is InChI=1S/C13H14F3N3S/c1-3-7-17-12(20)19-18-9(2)10-5-4-6-11(8-10)13(14,15)16/h3-6,8H,1,7H2,2H3,(H2,17,19,20)/b18-9-. The summed E-state index contributed by atoms with van der Waals surface area (Å²) in [4.78, 5) is 0. The van der Waals surface area contributed by atoms with Crippen LogP contribution in [-0.2, 0) is 6.18 Å². The van der Waals surface area contributed by atoms with E-state index in [1.54, 1.807) is 19.1 Å². The first-order chi connectivity index (χ1) is 9.34. The molecule has 0 fully saturated rings. The third-order valence-corrected chi connectivity index (χ3v) is 2.58. The van der Waals surface area contributed by atoms with Gasteiger partial charge in [0.15, 0.2) is 5.11 Å². The zero-order valence-corrected chi connectivity index (χ0v) is 11.6. The summed E-state index contributed by atoms with van der Waals surface area (Å²) in [5.74, 6) is 0. The van der Waals surface area contributed by atoms with Crippen molar-refractivity contribution in [3.05, 3.63) is 48.0 Å². The average Bonchev–Trinajstić information content (AvgIpc) is 2.41. The van der Waals surface area contributed by atoms with Gasteiger partial charge < -0.3 is 5.32 Å². The van der Waals surface area contributed by atoms with Gasteiger partial charge in [0.25, 0.3) is 0 Å². The molecule has 1 aromatic rings. The molecule has 20 heavy (non-hydrogen) atoms. The molecule has 0 aromatic heterocycles. The van der Waals surface area contributed by atoms with E-state index in [0.717, 1.165) is 12.1 Å². The van der Waals surface area contributed by atoms with Crippen LogP contribution in [0.1, 0.15) is 18.1 Å². The molecule has 0 atom stereocenters. The summed E-state index contributed by atoms with van der Waals surface area (Å²) in [5, 5.41) is 7.00. The number of hydrazone groups is 1. The summed E-state index contributed by atoms with van der Waals surface area (Å²) < 4.78 is 37.8. The molecule has 0 aliphatic heterocycles. The Labute approximate surface area is 120 Å². The molecule has 0 radical (unpaired) electrons. The van der Waals surface area contributed by atoms with Crippen molar-refractivity contribution < 1.29 is 13.2 Å². The van der Waals surface area contributed by atoms with Crippen LogP contribution in [0.2, 0.25) is 0 Å². The van der Waals surface area contributed by atoms with Crippen LogP contribution >= 0.6 is 12.2 Å². The van der Waals surface area contributed by atoms with Gasteiger partial charge in [-0.1, -0.05) is 18.2 Å². The molecule has 3 nitrogen and oxygen atoms in total. The summed E-state index contributed by atoms with van der Waals surface area (Å²) in [6.45, 7) is 5.59. The van der Waals surface area contributed by atoms with Crippen LogP contribution in [-0.4, -0.2) is 17.4 Å². The van der Waals surface area contributed by atoms with E-state index in [-0.39, 0.29) is 5.11 Å². The van der Waals surface area contributed by atoms with Crippen LogP contribution < -0.4 is 10.7 Å². The molecule has 1 rings (SSSR count). The van der Waals surface area contributed by atoms with Gasteiger partial charge in [-0.3, -0.25) is 5.43 Å². The molecule has 0 saturated heterocycles. The van der Waals surface area contributed by atoms with Crippen molar-refractivity contribution in [3.8, 4) is 0 Å². The number of benzene rings is 1. The minimum absolute atomic E-state index is 0.274. The Kier molecular flexibility index (Phi) is 5.69. The molecule has 0 heterocycles. The Bertz CT molecular complexity index is 524. The first-order valence-electron chi connectivity index (χ1n) is 5.71. The monoisotopic (exact) mass is 301 g/mol. The van der Waals surface area contributed by atoms with Gasteiger partial charge in [0.1, 0.15) is 0 Å². The maximum atomic E-state index is 12.6. The number of hydrogen-bond donors (Lipinski definition) is 2. The quantitative estimate of drug-likeness (QED) is 0.388. The number of hydrogen-bond acceptors (Lipinski definition) is 2. The topological polar surface area (TPSA) is 36.4 Å². The highest BCUT2D eigenvalue weighted by Crippen LogP contribution is 2.29. The largest absolute Gasteiger partial charge is 0.416 e. The van der Waals surface area contributed by atoms with Crippen LogP contribution in [0.5, 0.6) is 0 Å². The van der Waals surface area contributed by atoms with E-state index < -0.39 is 11.7 Å². The summed E-state index contributed by atoms with van der Waals surface area (Å²) in [5.41, 5.74) is 2.62. The van der Waals surface area contributed by atoms with E-state index in [2.05, 4.69) is 22.4 Å². The highest BCUT2D eigenvalue weighted by Gasteiger charge is 2.30. The first-order valence-corrected chi connectivity index (χ1v) is 6.12. The van der Waals surface area contributed by atoms with Gasteiger partial charge in [0, 0.05) is 6.54 Å². The second-order valence-electron chi connectivity index (χ2n) is 3.89. The molecule has 7 heteroatoms. The normalized spacial score (nSPS) is 11.9. The molecule has 0 spiro atoms. The molecule has 2 N–H and O–H groups in total. The Hall–Kier alpha value is -1.89. The lowest BCUT2D eigenvalue weighted by atomic mass is 10.1. The summed E-state index contributed by atoms with van der Waals surface area (Å²) in [6, 6.07) is 4.95. The Morgan fingerprint density at radius 3 is 2.75 bits per heavy atom. The van der Waals surface area contributed by atoms with Crippen molar-refractivity contribution in [2.75, 3.05) is 6.54 Å². The lowest BCUT2D eigenvalue weighted by molar-refractivity contribution is -0.137. The molecule has 1 aromatic carbocycles. The molecule has 0 bridgehead atoms. The maximum absolute atomic E-state index is 12.6. The van der Waals surface area contributed by atoms with E-state index in [9.17, 15) is 13.2 Å². The highest BCUT2D eigenvalue weighted by atomic mass is 32.1. The number of nitrogens with one attached hydrogen (secondary N) is 2. The molecule has 0 aliphatic rings. The van der Waals surface area contributed by atoms with Crippen LogP contribution in [0, 0.1) is 0 Å². The Morgan fingerprint density at radius 1 is 1.45 bits per heavy atom. The van der Waals surface area contributed by atoms with Crippen molar-refractivity contribution in [2.24, 2.45) is 5.10 Å². The van der Waals surface area contributed by atoms with Gasteiger partial charge in [-0.05, 0) is 36.8 Å². The smallest absolute Gasteiger partial charge is 0.358 e. The van der Waals surface area contributed by atoms with E-state index in [0.29, 0.717) is 17.8 Å². The fraction of sp³-hybridized carbons (Fsp3) is 0.231. The molecular formula is C13H14F3N3S. The molecular weight excluding hydrogens is 287 g/mol. The van der Waals surface area contributed by atoms with Gasteiger partial charge in [0.2, 0.25) is 0 Å². The van der Waals surface area contributed by atoms with Gasteiger partial charge in [-0.15, -0.1) is 6.58 Å². The predicted octanol–water partition coefficient (Wildman–Crippen LogP) is 3.08. The maximum Gasteiger partial charge on any atom is 0.416 e. The lowest BCUT2D eigenvalue weighted by Gasteiger charge is -2.09. The van der Waals surface area contributed by atoms with Crippen molar-refractivity contribution in [3.63, 3.8) is 0 Å². The average molecular weight is 301 g/mol. The minimum Gasteiger partial charge on any atom is -0.358 e. The van der Waals surface area contributed by atoms with Crippen molar-refractivity contribution in [2.45, 2.75) is 13.1 Å². The van der Waals surface area contributed by atoms with E-state index in [1.807, 2.05) is 0 Å². The van der Waals surface area contributed by atoms with E-state index >= 15 is 0 Å². The van der Waals surface area contributed by atoms with Crippen molar-refractivity contribution in [1.29, 1.82) is 0 Å². The third-order valence-electron chi connectivity index (χ3n) is 2.34. The van der Waals surface area contributed by atoms with Gasteiger partial charge in [0.05, 0.1) is 11.3 Å². The lowest BCUT2D eigenvalue weighted by Crippen LogP contribution is -2.32. The van der Waals surface area contributed by atoms with Crippen molar-refractivity contribution in [1.82, 2.24) is 10.7 Å². The zero-order chi connectivity index (χ0) is 15.2. The zero-order valence-electron chi connectivity index (χ0n) is 10.8. The van der Waals surface area contributed by atoms with Crippen LogP contribution in [0.25, 0.3) is 0 Å².